The molecule has 1 fully saturated rings. The molecule has 0 radical (unpaired) electrons. The molecule has 38 heavy (non-hydrogen) atoms. The van der Waals surface area contributed by atoms with Gasteiger partial charge in [-0.15, -0.1) is 5.10 Å². The van der Waals surface area contributed by atoms with Gasteiger partial charge in [0.05, 0.1) is 45.3 Å². The van der Waals surface area contributed by atoms with Gasteiger partial charge in [0.2, 0.25) is 0 Å². The third-order valence-corrected chi connectivity index (χ3v) is 7.67. The third-order valence-electron chi connectivity index (χ3n) is 7.67. The number of nitrogens with zero attached hydrogens (tertiary/aromatic N) is 6. The lowest BCUT2D eigenvalue weighted by Gasteiger charge is -2.32. The van der Waals surface area contributed by atoms with E-state index in [0.717, 1.165) is 57.3 Å². The van der Waals surface area contributed by atoms with Gasteiger partial charge in [-0.25, -0.2) is 9.07 Å². The molecule has 0 amide bonds. The number of fused-ring (bicyclic) bond motifs is 3. The van der Waals surface area contributed by atoms with Gasteiger partial charge in [-0.3, -0.25) is 9.97 Å². The normalized spacial score (nSPS) is 15.9. The largest absolute Gasteiger partial charge is 0.386 e. The summed E-state index contributed by atoms with van der Waals surface area (Å²) in [6, 6.07) is 10.7. The predicted octanol–water partition coefficient (Wildman–Crippen LogP) is 5.07. The third kappa shape index (κ3) is 4.06. The number of hydrogen-bond donors (Lipinski definition) is 1. The first-order chi connectivity index (χ1) is 18.2. The van der Waals surface area contributed by atoms with Gasteiger partial charge < -0.3 is 14.4 Å². The Morgan fingerprint density at radius 1 is 1.11 bits per heavy atom. The van der Waals surface area contributed by atoms with Crippen LogP contribution in [0.25, 0.3) is 33.2 Å². The van der Waals surface area contributed by atoms with Gasteiger partial charge in [-0.1, -0.05) is 17.3 Å². The number of aliphatic hydroxyl groups is 1. The van der Waals surface area contributed by atoms with Crippen molar-refractivity contribution in [2.75, 3.05) is 13.2 Å². The van der Waals surface area contributed by atoms with E-state index in [4.69, 9.17) is 9.72 Å². The Balaban J connectivity index is 1.71. The van der Waals surface area contributed by atoms with Crippen LogP contribution in [0.15, 0.2) is 48.8 Å². The van der Waals surface area contributed by atoms with Gasteiger partial charge in [-0.05, 0) is 69.4 Å². The SMILES string of the molecule is Cc1nnn(C)c1-c1cnc2c3ccc(C(C)(C)O)cc3n([C@H](c3ncccc3F)C3CCOCC3)c2c1. The minimum absolute atomic E-state index is 0.0986. The summed E-state index contributed by atoms with van der Waals surface area (Å²) in [6.07, 6.45) is 5.05. The molecule has 0 bridgehead atoms. The fourth-order valence-corrected chi connectivity index (χ4v) is 5.77. The number of pyridine rings is 2. The Morgan fingerprint density at radius 3 is 2.58 bits per heavy atom. The number of hydrogen-bond acceptors (Lipinski definition) is 6. The molecule has 1 aliphatic heterocycles. The number of aryl methyl sites for hydroxylation is 2. The molecule has 0 unspecified atom stereocenters. The molecular weight excluding hydrogens is 483 g/mol. The molecular formula is C29H31FN6O2. The zero-order valence-corrected chi connectivity index (χ0v) is 22.0. The van der Waals surface area contributed by atoms with E-state index in [1.807, 2.05) is 38.4 Å². The van der Waals surface area contributed by atoms with E-state index in [-0.39, 0.29) is 17.8 Å². The Bertz CT molecular complexity index is 1630. The average Bonchev–Trinajstić information content (AvgIpc) is 3.41. The maximum absolute atomic E-state index is 15.5. The molecule has 6 rings (SSSR count). The summed E-state index contributed by atoms with van der Waals surface area (Å²) in [5, 5.41) is 20.2. The van der Waals surface area contributed by atoms with Gasteiger partial charge in [0.15, 0.2) is 0 Å². The van der Waals surface area contributed by atoms with Crippen LogP contribution in [0.2, 0.25) is 0 Å². The maximum atomic E-state index is 15.5. The van der Waals surface area contributed by atoms with Gasteiger partial charge in [0.25, 0.3) is 0 Å². The lowest BCUT2D eigenvalue weighted by molar-refractivity contribution is 0.0542. The first-order valence-corrected chi connectivity index (χ1v) is 13.0. The average molecular weight is 515 g/mol. The highest BCUT2D eigenvalue weighted by molar-refractivity contribution is 6.07. The molecule has 9 heteroatoms. The van der Waals surface area contributed by atoms with E-state index in [1.54, 1.807) is 30.8 Å². The van der Waals surface area contributed by atoms with Crippen molar-refractivity contribution in [2.24, 2.45) is 13.0 Å². The number of aromatic nitrogens is 6. The summed E-state index contributed by atoms with van der Waals surface area (Å²) < 4.78 is 25.1. The zero-order valence-electron chi connectivity index (χ0n) is 22.0. The highest BCUT2D eigenvalue weighted by Gasteiger charge is 2.33. The monoisotopic (exact) mass is 514 g/mol. The Labute approximate surface area is 220 Å². The van der Waals surface area contributed by atoms with E-state index < -0.39 is 5.60 Å². The van der Waals surface area contributed by atoms with Crippen molar-refractivity contribution >= 4 is 21.9 Å². The van der Waals surface area contributed by atoms with Crippen molar-refractivity contribution in [1.82, 2.24) is 29.5 Å². The minimum atomic E-state index is -1.05. The van der Waals surface area contributed by atoms with Crippen LogP contribution in [0.3, 0.4) is 0 Å². The van der Waals surface area contributed by atoms with E-state index in [0.29, 0.717) is 18.9 Å². The summed E-state index contributed by atoms with van der Waals surface area (Å²) in [7, 11) is 1.86. The summed E-state index contributed by atoms with van der Waals surface area (Å²) in [4.78, 5) is 9.48. The molecule has 0 aliphatic carbocycles. The van der Waals surface area contributed by atoms with Crippen LogP contribution >= 0.6 is 0 Å². The van der Waals surface area contributed by atoms with E-state index in [9.17, 15) is 5.11 Å². The highest BCUT2D eigenvalue weighted by Crippen LogP contribution is 2.42. The molecule has 5 aromatic rings. The maximum Gasteiger partial charge on any atom is 0.146 e. The number of benzene rings is 1. The highest BCUT2D eigenvalue weighted by atomic mass is 19.1. The molecule has 1 aliphatic rings. The summed E-state index contributed by atoms with van der Waals surface area (Å²) in [5.41, 5.74) is 5.24. The molecule has 8 nitrogen and oxygen atoms in total. The van der Waals surface area contributed by atoms with Crippen LogP contribution < -0.4 is 0 Å². The molecule has 196 valence electrons. The van der Waals surface area contributed by atoms with Crippen molar-refractivity contribution in [2.45, 2.75) is 45.3 Å². The molecule has 1 atom stereocenters. The molecule has 0 spiro atoms. The van der Waals surface area contributed by atoms with E-state index in [2.05, 4.69) is 25.9 Å². The number of ether oxygens (including phenoxy) is 1. The van der Waals surface area contributed by atoms with Crippen LogP contribution in [0.1, 0.15) is 49.7 Å². The Kier molecular flexibility index (Phi) is 6.00. The van der Waals surface area contributed by atoms with Crippen molar-refractivity contribution in [3.05, 3.63) is 71.6 Å². The first kappa shape index (κ1) is 24.6. The van der Waals surface area contributed by atoms with Crippen LogP contribution in [0.4, 0.5) is 4.39 Å². The zero-order chi connectivity index (χ0) is 26.6. The van der Waals surface area contributed by atoms with Gasteiger partial charge in [0.1, 0.15) is 5.82 Å². The van der Waals surface area contributed by atoms with Gasteiger partial charge in [-0.2, -0.15) is 0 Å². The summed E-state index contributed by atoms with van der Waals surface area (Å²) in [5.74, 6) is -0.241. The molecule has 4 aromatic heterocycles. The molecule has 5 heterocycles. The Hall–Kier alpha value is -3.69. The fraction of sp³-hybridized carbons (Fsp3) is 0.379. The minimum Gasteiger partial charge on any atom is -0.386 e. The number of rotatable bonds is 5. The second-order valence-corrected chi connectivity index (χ2v) is 10.7. The molecule has 0 saturated carbocycles. The van der Waals surface area contributed by atoms with Crippen molar-refractivity contribution in [1.29, 1.82) is 0 Å². The first-order valence-electron chi connectivity index (χ1n) is 13.0. The number of halogens is 1. The van der Waals surface area contributed by atoms with Crippen molar-refractivity contribution in [3.8, 4) is 11.3 Å². The quantitative estimate of drug-likeness (QED) is 0.352. The standard InChI is InChI=1S/C29H31FN6O2/c1-17-27(35(4)34-33-17)19-14-24-25(32-16-19)21-8-7-20(29(2,3)37)15-23(21)36(24)28(18-9-12-38-13-10-18)26-22(30)6-5-11-31-26/h5-8,11,14-16,18,28,37H,9-10,12-13H2,1-4H3/t28-/m0/s1. The van der Waals surface area contributed by atoms with Gasteiger partial charge >= 0.3 is 0 Å². The van der Waals surface area contributed by atoms with E-state index >= 15 is 4.39 Å². The fourth-order valence-electron chi connectivity index (χ4n) is 5.77. The van der Waals surface area contributed by atoms with Crippen molar-refractivity contribution < 1.29 is 14.2 Å². The molecule has 1 N–H and O–H groups in total. The van der Waals surface area contributed by atoms with Crippen LogP contribution in [0, 0.1) is 18.7 Å². The Morgan fingerprint density at radius 2 is 1.89 bits per heavy atom. The van der Waals surface area contributed by atoms with Gasteiger partial charge in [0, 0.05) is 43.6 Å². The summed E-state index contributed by atoms with van der Waals surface area (Å²) in [6.45, 7) is 6.69. The van der Waals surface area contributed by atoms with Crippen molar-refractivity contribution in [3.63, 3.8) is 0 Å². The summed E-state index contributed by atoms with van der Waals surface area (Å²) >= 11 is 0. The van der Waals surface area contributed by atoms with Crippen LogP contribution in [-0.2, 0) is 17.4 Å². The predicted molar refractivity (Wildman–Crippen MR) is 143 cm³/mol. The van der Waals surface area contributed by atoms with Crippen LogP contribution in [0.5, 0.6) is 0 Å². The lowest BCUT2D eigenvalue weighted by Crippen LogP contribution is -2.28. The lowest BCUT2D eigenvalue weighted by atomic mass is 9.88. The molecule has 1 aromatic carbocycles. The van der Waals surface area contributed by atoms with Crippen LogP contribution in [-0.4, -0.2) is 47.8 Å². The second-order valence-electron chi connectivity index (χ2n) is 10.7. The second kappa shape index (κ2) is 9.25. The topological polar surface area (TPSA) is 90.9 Å². The molecule has 1 saturated heterocycles. The smallest absolute Gasteiger partial charge is 0.146 e. The van der Waals surface area contributed by atoms with E-state index in [1.165, 1.54) is 6.07 Å².